The number of carbonyl (C=O) groups excluding carboxylic acids is 1. The van der Waals surface area contributed by atoms with Crippen LogP contribution in [-0.4, -0.2) is 76.8 Å². The Morgan fingerprint density at radius 1 is 1.16 bits per heavy atom. The van der Waals surface area contributed by atoms with E-state index in [-0.39, 0.29) is 23.9 Å². The van der Waals surface area contributed by atoms with Crippen LogP contribution in [0, 0.1) is 6.92 Å². The summed E-state index contributed by atoms with van der Waals surface area (Å²) in [7, 11) is -2.05. The Morgan fingerprint density at radius 3 is 2.44 bits per heavy atom. The fourth-order valence-corrected chi connectivity index (χ4v) is 5.29. The second-order valence-corrected chi connectivity index (χ2v) is 9.43. The first kappa shape index (κ1) is 22.0. The summed E-state index contributed by atoms with van der Waals surface area (Å²) in [5.41, 5.74) is 2.36. The molecule has 3 aromatic rings. The van der Waals surface area contributed by atoms with Gasteiger partial charge in [-0.3, -0.25) is 14.6 Å². The predicted octanol–water partition coefficient (Wildman–Crippen LogP) is 1.76. The second kappa shape index (κ2) is 8.75. The molecule has 2 aromatic heterocycles. The van der Waals surface area contributed by atoms with Crippen LogP contribution >= 0.6 is 0 Å². The molecule has 170 valence electrons. The third kappa shape index (κ3) is 4.13. The number of rotatable bonds is 6. The minimum Gasteiger partial charge on any atom is -0.497 e. The highest BCUT2D eigenvalue weighted by Gasteiger charge is 2.33. The number of piperazine rings is 1. The quantitative estimate of drug-likeness (QED) is 0.602. The van der Waals surface area contributed by atoms with E-state index >= 15 is 0 Å². The highest BCUT2D eigenvalue weighted by Crippen LogP contribution is 2.23. The largest absolute Gasteiger partial charge is 0.497 e. The van der Waals surface area contributed by atoms with Gasteiger partial charge in [0.05, 0.1) is 18.5 Å². The summed E-state index contributed by atoms with van der Waals surface area (Å²) in [6.45, 7) is 5.25. The van der Waals surface area contributed by atoms with Gasteiger partial charge < -0.3 is 9.64 Å². The molecule has 1 aliphatic heterocycles. The average Bonchev–Trinajstić information content (AvgIpc) is 3.46. The Labute approximate surface area is 186 Å². The van der Waals surface area contributed by atoms with E-state index in [0.717, 1.165) is 11.3 Å². The molecule has 1 aromatic carbocycles. The molecular formula is C21H26N6O4S. The molecule has 32 heavy (non-hydrogen) atoms. The number of aryl methyl sites for hydroxylation is 2. The van der Waals surface area contributed by atoms with Crippen molar-refractivity contribution >= 4 is 15.9 Å². The van der Waals surface area contributed by atoms with Gasteiger partial charge in [0.15, 0.2) is 0 Å². The Kier molecular flexibility index (Phi) is 6.02. The fourth-order valence-electron chi connectivity index (χ4n) is 3.70. The highest BCUT2D eigenvalue weighted by atomic mass is 32.2. The molecule has 0 radical (unpaired) electrons. The molecule has 11 heteroatoms. The van der Waals surface area contributed by atoms with Gasteiger partial charge in [0.2, 0.25) is 10.0 Å². The summed E-state index contributed by atoms with van der Waals surface area (Å²) in [5.74, 6) is 0.537. The minimum atomic E-state index is -3.65. The number of hydrogen-bond donors (Lipinski definition) is 1. The van der Waals surface area contributed by atoms with Crippen molar-refractivity contribution in [2.24, 2.45) is 0 Å². The molecule has 0 saturated carbocycles. The molecule has 10 nitrogen and oxygen atoms in total. The van der Waals surface area contributed by atoms with Crippen LogP contribution in [0.4, 0.5) is 0 Å². The van der Waals surface area contributed by atoms with Gasteiger partial charge in [-0.2, -0.15) is 14.5 Å². The summed E-state index contributed by atoms with van der Waals surface area (Å²) in [6, 6.07) is 9.11. The Balaban J connectivity index is 1.42. The zero-order valence-electron chi connectivity index (χ0n) is 18.3. The van der Waals surface area contributed by atoms with Gasteiger partial charge in [-0.15, -0.1) is 0 Å². The molecule has 4 rings (SSSR count). The van der Waals surface area contributed by atoms with Crippen LogP contribution in [0.25, 0.3) is 11.3 Å². The molecule has 0 spiro atoms. The lowest BCUT2D eigenvalue weighted by Gasteiger charge is -2.33. The fraction of sp³-hybridized carbons (Fsp3) is 0.381. The number of sulfonamides is 1. The Hall–Kier alpha value is -3.18. The maximum Gasteiger partial charge on any atom is 0.271 e. The highest BCUT2D eigenvalue weighted by molar-refractivity contribution is 7.89. The zero-order chi connectivity index (χ0) is 22.9. The van der Waals surface area contributed by atoms with E-state index in [0.29, 0.717) is 36.7 Å². The van der Waals surface area contributed by atoms with Crippen molar-refractivity contribution < 1.29 is 17.9 Å². The van der Waals surface area contributed by atoms with Crippen LogP contribution in [0.1, 0.15) is 23.1 Å². The number of benzene rings is 1. The molecule has 3 heterocycles. The van der Waals surface area contributed by atoms with Crippen LogP contribution in [-0.2, 0) is 16.6 Å². The first-order valence-electron chi connectivity index (χ1n) is 10.4. The topological polar surface area (TPSA) is 113 Å². The van der Waals surface area contributed by atoms with Gasteiger partial charge in [0, 0.05) is 44.5 Å². The predicted molar refractivity (Wildman–Crippen MR) is 118 cm³/mol. The summed E-state index contributed by atoms with van der Waals surface area (Å²) in [6.07, 6.45) is 1.56. The van der Waals surface area contributed by atoms with Crippen molar-refractivity contribution in [3.05, 3.63) is 47.9 Å². The monoisotopic (exact) mass is 458 g/mol. The molecule has 0 unspecified atom stereocenters. The van der Waals surface area contributed by atoms with Gasteiger partial charge >= 0.3 is 0 Å². The SMILES string of the molecule is CCn1cc(S(=O)(=O)N2CCN(C(=O)c3cc(-c4ccc(OC)cc4)n[nH]3)CC2)c(C)n1. The number of methoxy groups -OCH3 is 1. The number of hydrogen-bond acceptors (Lipinski definition) is 6. The second-order valence-electron chi connectivity index (χ2n) is 7.53. The summed E-state index contributed by atoms with van der Waals surface area (Å²) in [4.78, 5) is 14.8. The number of amides is 1. The molecule has 1 amide bonds. The van der Waals surface area contributed by atoms with Crippen molar-refractivity contribution in [2.45, 2.75) is 25.3 Å². The van der Waals surface area contributed by atoms with E-state index in [1.807, 2.05) is 31.2 Å². The van der Waals surface area contributed by atoms with Gasteiger partial charge in [0.25, 0.3) is 5.91 Å². The van der Waals surface area contributed by atoms with E-state index in [1.54, 1.807) is 35.9 Å². The van der Waals surface area contributed by atoms with Crippen LogP contribution in [0.3, 0.4) is 0 Å². The third-order valence-corrected chi connectivity index (χ3v) is 7.56. The molecule has 1 aliphatic rings. The Morgan fingerprint density at radius 2 is 1.84 bits per heavy atom. The van der Waals surface area contributed by atoms with Crippen LogP contribution in [0.5, 0.6) is 5.75 Å². The van der Waals surface area contributed by atoms with Crippen molar-refractivity contribution in [1.82, 2.24) is 29.2 Å². The minimum absolute atomic E-state index is 0.204. The smallest absolute Gasteiger partial charge is 0.271 e. The van der Waals surface area contributed by atoms with Gasteiger partial charge in [-0.1, -0.05) is 0 Å². The first-order chi connectivity index (χ1) is 15.3. The molecule has 0 aliphatic carbocycles. The van der Waals surface area contributed by atoms with Crippen molar-refractivity contribution in [3.8, 4) is 17.0 Å². The molecular weight excluding hydrogens is 432 g/mol. The summed E-state index contributed by atoms with van der Waals surface area (Å²) < 4.78 is 34.3. The van der Waals surface area contributed by atoms with Crippen LogP contribution in [0.15, 0.2) is 41.4 Å². The number of nitrogens with zero attached hydrogens (tertiary/aromatic N) is 5. The van der Waals surface area contributed by atoms with E-state index < -0.39 is 10.0 Å². The number of aromatic nitrogens is 4. The van der Waals surface area contributed by atoms with Gasteiger partial charge in [-0.05, 0) is 44.2 Å². The molecule has 1 saturated heterocycles. The standard InChI is InChI=1S/C21H26N6O4S/c1-4-26-14-20(15(2)24-26)32(29,30)27-11-9-25(10-12-27)21(28)19-13-18(22-23-19)16-5-7-17(31-3)8-6-16/h5-8,13-14H,4,9-12H2,1-3H3,(H,22,23). The number of carbonyl (C=O) groups is 1. The lowest BCUT2D eigenvalue weighted by atomic mass is 10.1. The Bertz CT molecular complexity index is 1210. The zero-order valence-corrected chi connectivity index (χ0v) is 19.1. The van der Waals surface area contributed by atoms with Crippen molar-refractivity contribution in [3.63, 3.8) is 0 Å². The lowest BCUT2D eigenvalue weighted by Crippen LogP contribution is -2.50. The first-order valence-corrected chi connectivity index (χ1v) is 11.8. The number of ether oxygens (including phenoxy) is 1. The maximum absolute atomic E-state index is 13.0. The van der Waals surface area contributed by atoms with E-state index in [4.69, 9.17) is 4.74 Å². The van der Waals surface area contributed by atoms with Gasteiger partial charge in [-0.25, -0.2) is 8.42 Å². The average molecular weight is 459 g/mol. The number of H-pyrrole nitrogens is 1. The third-order valence-electron chi connectivity index (χ3n) is 5.56. The van der Waals surface area contributed by atoms with Gasteiger partial charge in [0.1, 0.15) is 16.3 Å². The molecule has 0 bridgehead atoms. The van der Waals surface area contributed by atoms with E-state index in [9.17, 15) is 13.2 Å². The summed E-state index contributed by atoms with van der Waals surface area (Å²) in [5, 5.41) is 11.3. The van der Waals surface area contributed by atoms with E-state index in [2.05, 4.69) is 15.3 Å². The lowest BCUT2D eigenvalue weighted by molar-refractivity contribution is 0.0692. The number of nitrogens with one attached hydrogen (secondary N) is 1. The van der Waals surface area contributed by atoms with E-state index in [1.165, 1.54) is 4.31 Å². The van der Waals surface area contributed by atoms with Crippen LogP contribution in [0.2, 0.25) is 0 Å². The summed E-state index contributed by atoms with van der Waals surface area (Å²) >= 11 is 0. The number of aromatic amines is 1. The van der Waals surface area contributed by atoms with Crippen LogP contribution < -0.4 is 4.74 Å². The molecule has 1 N–H and O–H groups in total. The molecule has 1 fully saturated rings. The van der Waals surface area contributed by atoms with Crippen molar-refractivity contribution in [2.75, 3.05) is 33.3 Å². The molecule has 0 atom stereocenters. The maximum atomic E-state index is 13.0. The van der Waals surface area contributed by atoms with Crippen molar-refractivity contribution in [1.29, 1.82) is 0 Å². The normalized spacial score (nSPS) is 15.2.